The first-order valence-electron chi connectivity index (χ1n) is 24.3. The zero-order chi connectivity index (χ0) is 40.8. The molecule has 0 heterocycles. The lowest BCUT2D eigenvalue weighted by Gasteiger charge is -2.18. The molecular formula is C50H92O6. The molecule has 0 aliphatic heterocycles. The highest BCUT2D eigenvalue weighted by Crippen LogP contribution is 2.16. The zero-order valence-electron chi connectivity index (χ0n) is 37.4. The van der Waals surface area contributed by atoms with Gasteiger partial charge in [0.25, 0.3) is 0 Å². The Hall–Kier alpha value is -2.11. The number of allylic oxidation sites excluding steroid dienone is 4. The molecule has 1 unspecified atom stereocenters. The van der Waals surface area contributed by atoms with Crippen molar-refractivity contribution < 1.29 is 28.6 Å². The van der Waals surface area contributed by atoms with Gasteiger partial charge in [0.2, 0.25) is 0 Å². The van der Waals surface area contributed by atoms with E-state index in [9.17, 15) is 14.4 Å². The molecule has 0 saturated carbocycles. The van der Waals surface area contributed by atoms with Gasteiger partial charge < -0.3 is 14.2 Å². The molecule has 0 aliphatic rings. The van der Waals surface area contributed by atoms with Gasteiger partial charge in [0.1, 0.15) is 13.2 Å². The van der Waals surface area contributed by atoms with Crippen LogP contribution in [0.15, 0.2) is 24.3 Å². The van der Waals surface area contributed by atoms with Crippen molar-refractivity contribution in [3.05, 3.63) is 24.3 Å². The third kappa shape index (κ3) is 43.0. The number of hydrogen-bond acceptors (Lipinski definition) is 6. The van der Waals surface area contributed by atoms with Crippen LogP contribution in [-0.2, 0) is 28.6 Å². The molecule has 6 nitrogen and oxygen atoms in total. The molecule has 0 N–H and O–H groups in total. The van der Waals surface area contributed by atoms with Crippen molar-refractivity contribution in [3.63, 3.8) is 0 Å². The summed E-state index contributed by atoms with van der Waals surface area (Å²) in [5.41, 5.74) is 0. The number of carbonyl (C=O) groups is 3. The molecule has 0 aromatic carbocycles. The minimum atomic E-state index is -0.781. The van der Waals surface area contributed by atoms with Crippen molar-refractivity contribution >= 4 is 17.9 Å². The van der Waals surface area contributed by atoms with Crippen molar-refractivity contribution in [3.8, 4) is 0 Å². The van der Waals surface area contributed by atoms with Crippen LogP contribution in [0.3, 0.4) is 0 Å². The second-order valence-corrected chi connectivity index (χ2v) is 16.4. The standard InChI is InChI=1S/C50H92O6/c1-4-7-10-13-16-19-21-22-23-24-25-26-27-28-29-32-34-37-40-43-49(52)55-46-47(45-54-48(51)42-39-36-33-30-18-15-12-9-6-3)56-50(53)44-41-38-35-31-20-17-14-11-8-5-2/h14,17,30,33,47H,4-13,15-16,18-29,31-32,34-46H2,1-3H3/b17-14-,33-30-. The summed E-state index contributed by atoms with van der Waals surface area (Å²) in [5, 5.41) is 0. The second-order valence-electron chi connectivity index (χ2n) is 16.4. The van der Waals surface area contributed by atoms with E-state index in [4.69, 9.17) is 14.2 Å². The van der Waals surface area contributed by atoms with Gasteiger partial charge in [-0.25, -0.2) is 0 Å². The first-order chi connectivity index (χ1) is 27.5. The smallest absolute Gasteiger partial charge is 0.306 e. The maximum atomic E-state index is 12.7. The Bertz CT molecular complexity index is 911. The first-order valence-corrected chi connectivity index (χ1v) is 24.3. The van der Waals surface area contributed by atoms with Crippen LogP contribution >= 0.6 is 0 Å². The Morgan fingerprint density at radius 2 is 0.625 bits per heavy atom. The van der Waals surface area contributed by atoms with Crippen LogP contribution in [0.25, 0.3) is 0 Å². The fourth-order valence-electron chi connectivity index (χ4n) is 6.96. The van der Waals surface area contributed by atoms with Crippen molar-refractivity contribution in [1.82, 2.24) is 0 Å². The fourth-order valence-corrected chi connectivity index (χ4v) is 6.96. The Morgan fingerprint density at radius 1 is 0.339 bits per heavy atom. The lowest BCUT2D eigenvalue weighted by molar-refractivity contribution is -0.167. The third-order valence-electron chi connectivity index (χ3n) is 10.7. The largest absolute Gasteiger partial charge is 0.462 e. The van der Waals surface area contributed by atoms with Gasteiger partial charge in [-0.1, -0.05) is 206 Å². The van der Waals surface area contributed by atoms with Crippen LogP contribution in [-0.4, -0.2) is 37.2 Å². The predicted octanol–water partition coefficient (Wildman–Crippen LogP) is 15.6. The normalized spacial score (nSPS) is 12.1. The Balaban J connectivity index is 4.23. The molecule has 0 rings (SSSR count). The van der Waals surface area contributed by atoms with E-state index in [1.165, 1.54) is 141 Å². The summed E-state index contributed by atoms with van der Waals surface area (Å²) in [6.07, 6.45) is 50.4. The molecule has 0 radical (unpaired) electrons. The molecule has 0 aliphatic carbocycles. The summed E-state index contributed by atoms with van der Waals surface area (Å²) in [5.74, 6) is -0.925. The number of hydrogen-bond donors (Lipinski definition) is 0. The highest BCUT2D eigenvalue weighted by molar-refractivity contribution is 5.71. The highest BCUT2D eigenvalue weighted by atomic mass is 16.6. The van der Waals surface area contributed by atoms with Gasteiger partial charge in [0, 0.05) is 19.3 Å². The van der Waals surface area contributed by atoms with Gasteiger partial charge in [-0.05, 0) is 57.8 Å². The van der Waals surface area contributed by atoms with E-state index >= 15 is 0 Å². The molecule has 328 valence electrons. The van der Waals surface area contributed by atoms with E-state index in [0.29, 0.717) is 19.3 Å². The molecule has 6 heteroatoms. The van der Waals surface area contributed by atoms with Crippen LogP contribution in [0.1, 0.15) is 258 Å². The minimum absolute atomic E-state index is 0.0812. The van der Waals surface area contributed by atoms with Gasteiger partial charge in [-0.2, -0.15) is 0 Å². The summed E-state index contributed by atoms with van der Waals surface area (Å²) >= 11 is 0. The van der Waals surface area contributed by atoms with E-state index in [1.807, 2.05) is 0 Å². The fraction of sp³-hybridized carbons (Fsp3) is 0.860. The van der Waals surface area contributed by atoms with Crippen molar-refractivity contribution in [1.29, 1.82) is 0 Å². The zero-order valence-corrected chi connectivity index (χ0v) is 37.4. The summed E-state index contributed by atoms with van der Waals surface area (Å²) in [7, 11) is 0. The Labute approximate surface area is 347 Å². The molecule has 0 amide bonds. The van der Waals surface area contributed by atoms with Gasteiger partial charge >= 0.3 is 17.9 Å². The van der Waals surface area contributed by atoms with Crippen molar-refractivity contribution in [2.75, 3.05) is 13.2 Å². The summed E-state index contributed by atoms with van der Waals surface area (Å²) < 4.78 is 16.7. The number of ether oxygens (including phenoxy) is 3. The van der Waals surface area contributed by atoms with Crippen molar-refractivity contribution in [2.45, 2.75) is 264 Å². The Morgan fingerprint density at radius 3 is 1.04 bits per heavy atom. The molecule has 1 atom stereocenters. The lowest BCUT2D eigenvalue weighted by Crippen LogP contribution is -2.30. The van der Waals surface area contributed by atoms with Crippen molar-refractivity contribution in [2.24, 2.45) is 0 Å². The van der Waals surface area contributed by atoms with Gasteiger partial charge in [-0.3, -0.25) is 14.4 Å². The second kappa shape index (κ2) is 45.6. The maximum Gasteiger partial charge on any atom is 0.306 e. The lowest BCUT2D eigenvalue weighted by atomic mass is 10.0. The summed E-state index contributed by atoms with van der Waals surface area (Å²) in [6.45, 7) is 6.54. The maximum absolute atomic E-state index is 12.7. The number of carbonyl (C=O) groups excluding carboxylic acids is 3. The summed E-state index contributed by atoms with van der Waals surface area (Å²) in [4.78, 5) is 37.7. The predicted molar refractivity (Wildman–Crippen MR) is 238 cm³/mol. The number of esters is 3. The minimum Gasteiger partial charge on any atom is -0.462 e. The van der Waals surface area contributed by atoms with Gasteiger partial charge in [0.05, 0.1) is 0 Å². The SMILES string of the molecule is CCCC/C=C\CCCCCCC(=O)OC(COC(=O)CCC/C=C\CCCCCC)COC(=O)CCCCCCCCCCCCCCCCCCCCC. The van der Waals surface area contributed by atoms with E-state index < -0.39 is 6.10 Å². The van der Waals surface area contributed by atoms with E-state index in [-0.39, 0.29) is 31.1 Å². The quantitative estimate of drug-likeness (QED) is 0.0265. The van der Waals surface area contributed by atoms with Gasteiger partial charge in [-0.15, -0.1) is 0 Å². The molecule has 0 fully saturated rings. The van der Waals surface area contributed by atoms with Crippen LogP contribution in [0.5, 0.6) is 0 Å². The third-order valence-corrected chi connectivity index (χ3v) is 10.7. The molecule has 0 aromatic rings. The molecule has 0 spiro atoms. The van der Waals surface area contributed by atoms with E-state index in [2.05, 4.69) is 45.1 Å². The number of rotatable bonds is 44. The monoisotopic (exact) mass is 789 g/mol. The molecular weight excluding hydrogens is 697 g/mol. The average Bonchev–Trinajstić information content (AvgIpc) is 3.19. The van der Waals surface area contributed by atoms with Crippen LogP contribution < -0.4 is 0 Å². The average molecular weight is 789 g/mol. The topological polar surface area (TPSA) is 78.9 Å². The first kappa shape index (κ1) is 53.9. The van der Waals surface area contributed by atoms with Gasteiger partial charge in [0.15, 0.2) is 6.10 Å². The van der Waals surface area contributed by atoms with E-state index in [1.54, 1.807) is 0 Å². The van der Waals surface area contributed by atoms with E-state index in [0.717, 1.165) is 77.0 Å². The molecule has 0 bridgehead atoms. The van der Waals surface area contributed by atoms with Crippen LogP contribution in [0.2, 0.25) is 0 Å². The molecule has 0 aromatic heterocycles. The Kier molecular flexibility index (Phi) is 43.9. The summed E-state index contributed by atoms with van der Waals surface area (Å²) in [6, 6.07) is 0. The molecule has 0 saturated heterocycles. The highest BCUT2D eigenvalue weighted by Gasteiger charge is 2.19. The number of unbranched alkanes of at least 4 members (excludes halogenated alkanes) is 29. The molecule has 56 heavy (non-hydrogen) atoms. The van der Waals surface area contributed by atoms with Crippen LogP contribution in [0.4, 0.5) is 0 Å². The van der Waals surface area contributed by atoms with Crippen LogP contribution in [0, 0.1) is 0 Å².